The normalized spacial score (nSPS) is 10.8. The number of aromatic nitrogens is 3. The zero-order valence-corrected chi connectivity index (χ0v) is 12.4. The molecule has 7 heteroatoms. The van der Waals surface area contributed by atoms with E-state index in [1.807, 2.05) is 0 Å². The lowest BCUT2D eigenvalue weighted by atomic mass is 10.3. The van der Waals surface area contributed by atoms with Crippen LogP contribution in [0, 0.1) is 0 Å². The Labute approximate surface area is 115 Å². The summed E-state index contributed by atoms with van der Waals surface area (Å²) in [5.74, 6) is 0. The smallest absolute Gasteiger partial charge is 0.203 e. The minimum Gasteiger partial charge on any atom is -0.374 e. The molecule has 0 aliphatic rings. The van der Waals surface area contributed by atoms with Crippen molar-refractivity contribution in [1.29, 1.82) is 0 Å². The third-order valence-electron chi connectivity index (χ3n) is 2.69. The fraction of sp³-hybridized carbons (Fsp3) is 0.545. The molecule has 0 spiro atoms. The average Bonchev–Trinajstić information content (AvgIpc) is 2.97. The lowest BCUT2D eigenvalue weighted by molar-refractivity contribution is 0.854. The van der Waals surface area contributed by atoms with E-state index in [1.165, 1.54) is 11.3 Å². The minimum atomic E-state index is 0.504. The van der Waals surface area contributed by atoms with Crippen LogP contribution < -0.4 is 10.6 Å². The highest BCUT2D eigenvalue weighted by atomic mass is 32.1. The van der Waals surface area contributed by atoms with Gasteiger partial charge in [-0.05, 0) is 20.3 Å². The monoisotopic (exact) mass is 283 g/mol. The van der Waals surface area contributed by atoms with E-state index in [1.54, 1.807) is 11.3 Å². The van der Waals surface area contributed by atoms with Gasteiger partial charge in [-0.1, -0.05) is 29.6 Å². The van der Waals surface area contributed by atoms with Gasteiger partial charge in [0.25, 0.3) is 0 Å². The van der Waals surface area contributed by atoms with Crippen LogP contribution in [0.2, 0.25) is 0 Å². The fourth-order valence-corrected chi connectivity index (χ4v) is 3.69. The van der Waals surface area contributed by atoms with E-state index in [-0.39, 0.29) is 0 Å². The van der Waals surface area contributed by atoms with Crippen molar-refractivity contribution in [2.75, 3.05) is 23.7 Å². The molecule has 0 bridgehead atoms. The lowest BCUT2D eigenvalue weighted by Gasteiger charge is -2.16. The summed E-state index contributed by atoms with van der Waals surface area (Å²) in [5, 5.41) is 10.4. The predicted molar refractivity (Wildman–Crippen MR) is 78.4 cm³/mol. The Hall–Kier alpha value is -1.21. The molecule has 0 aromatic carbocycles. The summed E-state index contributed by atoms with van der Waals surface area (Å²) in [4.78, 5) is 8.05. The molecule has 98 valence electrons. The zero-order chi connectivity index (χ0) is 13.1. The van der Waals surface area contributed by atoms with Crippen LogP contribution in [-0.2, 0) is 6.42 Å². The second kappa shape index (κ2) is 5.62. The number of hydrogen-bond acceptors (Lipinski definition) is 7. The Morgan fingerprint density at radius 3 is 2.33 bits per heavy atom. The molecule has 5 nitrogen and oxygen atoms in total. The summed E-state index contributed by atoms with van der Waals surface area (Å²) in [6, 6.07) is 0. The summed E-state index contributed by atoms with van der Waals surface area (Å²) in [6.45, 7) is 8.31. The number of anilines is 2. The zero-order valence-electron chi connectivity index (χ0n) is 10.8. The van der Waals surface area contributed by atoms with Crippen molar-refractivity contribution in [3.63, 3.8) is 0 Å². The second-order valence-electron chi connectivity index (χ2n) is 3.74. The number of nitrogens with zero attached hydrogens (tertiary/aromatic N) is 4. The molecule has 2 N–H and O–H groups in total. The Bertz CT molecular complexity index is 515. The maximum absolute atomic E-state index is 5.65. The van der Waals surface area contributed by atoms with Crippen molar-refractivity contribution in [2.24, 2.45) is 0 Å². The summed E-state index contributed by atoms with van der Waals surface area (Å²) in [7, 11) is 0. The van der Waals surface area contributed by atoms with Gasteiger partial charge >= 0.3 is 0 Å². The van der Waals surface area contributed by atoms with Crippen LogP contribution in [0.3, 0.4) is 0 Å². The van der Waals surface area contributed by atoms with E-state index in [4.69, 9.17) is 10.7 Å². The van der Waals surface area contributed by atoms with Crippen molar-refractivity contribution in [3.8, 4) is 9.88 Å². The highest BCUT2D eigenvalue weighted by Crippen LogP contribution is 2.37. The summed E-state index contributed by atoms with van der Waals surface area (Å²) in [6.07, 6.45) is 0.895. The van der Waals surface area contributed by atoms with Crippen LogP contribution in [0.1, 0.15) is 26.5 Å². The average molecular weight is 283 g/mol. The van der Waals surface area contributed by atoms with Crippen LogP contribution >= 0.6 is 22.7 Å². The van der Waals surface area contributed by atoms with Crippen molar-refractivity contribution in [2.45, 2.75) is 27.2 Å². The maximum Gasteiger partial charge on any atom is 0.203 e. The number of nitrogens with two attached hydrogens (primary N) is 1. The van der Waals surface area contributed by atoms with E-state index in [2.05, 4.69) is 35.9 Å². The topological polar surface area (TPSA) is 67.9 Å². The molecule has 2 heterocycles. The summed E-state index contributed by atoms with van der Waals surface area (Å²) >= 11 is 3.09. The van der Waals surface area contributed by atoms with Crippen molar-refractivity contribution >= 4 is 32.9 Å². The Balaban J connectivity index is 2.41. The molecular formula is C11H17N5S2. The number of thiazole rings is 1. The van der Waals surface area contributed by atoms with Crippen LogP contribution in [0.4, 0.5) is 10.3 Å². The molecule has 2 rings (SSSR count). The molecule has 0 amide bonds. The van der Waals surface area contributed by atoms with Crippen LogP contribution in [0.15, 0.2) is 0 Å². The number of aryl methyl sites for hydroxylation is 1. The van der Waals surface area contributed by atoms with Gasteiger partial charge in [0.15, 0.2) is 10.1 Å². The SMILES string of the molecule is CCc1nc(N(CC)CC)sc1-c1nnc(N)s1. The van der Waals surface area contributed by atoms with E-state index >= 15 is 0 Å². The number of rotatable bonds is 5. The highest BCUT2D eigenvalue weighted by Gasteiger charge is 2.17. The van der Waals surface area contributed by atoms with E-state index in [9.17, 15) is 0 Å². The largest absolute Gasteiger partial charge is 0.374 e. The van der Waals surface area contributed by atoms with Gasteiger partial charge in [-0.15, -0.1) is 10.2 Å². The van der Waals surface area contributed by atoms with Gasteiger partial charge in [0.05, 0.1) is 10.6 Å². The van der Waals surface area contributed by atoms with Crippen molar-refractivity contribution in [1.82, 2.24) is 15.2 Å². The molecule has 0 aliphatic carbocycles. The second-order valence-corrected chi connectivity index (χ2v) is 5.73. The van der Waals surface area contributed by atoms with Crippen LogP contribution in [0.5, 0.6) is 0 Å². The summed E-state index contributed by atoms with van der Waals surface area (Å²) in [5.41, 5.74) is 6.73. The third-order valence-corrected chi connectivity index (χ3v) is 4.75. The summed E-state index contributed by atoms with van der Waals surface area (Å²) < 4.78 is 0. The molecule has 0 aliphatic heterocycles. The van der Waals surface area contributed by atoms with E-state index in [0.29, 0.717) is 5.13 Å². The molecule has 0 atom stereocenters. The third kappa shape index (κ3) is 2.46. The molecule has 0 saturated heterocycles. The van der Waals surface area contributed by atoms with Gasteiger partial charge in [0.1, 0.15) is 0 Å². The molecule has 2 aromatic heterocycles. The van der Waals surface area contributed by atoms with Crippen molar-refractivity contribution in [3.05, 3.63) is 5.69 Å². The maximum atomic E-state index is 5.65. The van der Waals surface area contributed by atoms with E-state index < -0.39 is 0 Å². The molecule has 18 heavy (non-hydrogen) atoms. The number of nitrogen functional groups attached to an aromatic ring is 1. The van der Waals surface area contributed by atoms with Crippen LogP contribution in [-0.4, -0.2) is 28.3 Å². The molecule has 0 saturated carbocycles. The van der Waals surface area contributed by atoms with Gasteiger partial charge in [-0.25, -0.2) is 4.98 Å². The van der Waals surface area contributed by atoms with Gasteiger partial charge in [0, 0.05) is 13.1 Å². The molecule has 0 fully saturated rings. The van der Waals surface area contributed by atoms with Gasteiger partial charge < -0.3 is 10.6 Å². The Morgan fingerprint density at radius 1 is 1.11 bits per heavy atom. The predicted octanol–water partition coefficient (Wildman–Crippen LogP) is 2.65. The first-order valence-corrected chi connectivity index (χ1v) is 7.66. The first kappa shape index (κ1) is 13.2. The van der Waals surface area contributed by atoms with Crippen LogP contribution in [0.25, 0.3) is 9.88 Å². The first-order chi connectivity index (χ1) is 8.69. The first-order valence-electron chi connectivity index (χ1n) is 6.03. The standard InChI is InChI=1S/C11H17N5S2/c1-4-7-8(9-14-15-10(12)18-9)17-11(13-7)16(5-2)6-3/h4-6H2,1-3H3,(H2,12,15). The van der Waals surface area contributed by atoms with Gasteiger partial charge in [0.2, 0.25) is 5.13 Å². The van der Waals surface area contributed by atoms with Gasteiger partial charge in [-0.2, -0.15) is 0 Å². The molecule has 0 radical (unpaired) electrons. The molecular weight excluding hydrogens is 266 g/mol. The Kier molecular flexibility index (Phi) is 4.13. The Morgan fingerprint density at radius 2 is 1.83 bits per heavy atom. The van der Waals surface area contributed by atoms with Crippen molar-refractivity contribution < 1.29 is 0 Å². The minimum absolute atomic E-state index is 0.504. The fourth-order valence-electron chi connectivity index (χ4n) is 1.70. The number of hydrogen-bond donors (Lipinski definition) is 1. The lowest BCUT2D eigenvalue weighted by Crippen LogP contribution is -2.21. The quantitative estimate of drug-likeness (QED) is 0.913. The molecule has 2 aromatic rings. The van der Waals surface area contributed by atoms with E-state index in [0.717, 1.165) is 40.2 Å². The highest BCUT2D eigenvalue weighted by molar-refractivity contribution is 7.25. The van der Waals surface area contributed by atoms with Gasteiger partial charge in [-0.3, -0.25) is 0 Å². The molecule has 0 unspecified atom stereocenters.